The standard InChI is InChI=1S/C14H14N4O2/c1-7-8-3-2-4-9-10(19)5-6-18(12(8)9)11(7)13(20)17-14(15)16/h2-4H,5-6H2,1H3,(H4,15,16,17,20). The van der Waals surface area contributed by atoms with Gasteiger partial charge in [0, 0.05) is 23.9 Å². The highest BCUT2D eigenvalue weighted by Crippen LogP contribution is 2.32. The highest BCUT2D eigenvalue weighted by molar-refractivity contribution is 6.13. The summed E-state index contributed by atoms with van der Waals surface area (Å²) >= 11 is 0. The van der Waals surface area contributed by atoms with Crippen LogP contribution in [0, 0.1) is 6.92 Å². The molecule has 2 heterocycles. The van der Waals surface area contributed by atoms with E-state index in [1.54, 1.807) is 6.07 Å². The van der Waals surface area contributed by atoms with Crippen LogP contribution in [0.3, 0.4) is 0 Å². The Morgan fingerprint density at radius 2 is 2.10 bits per heavy atom. The van der Waals surface area contributed by atoms with Gasteiger partial charge in [-0.25, -0.2) is 0 Å². The first-order valence-electron chi connectivity index (χ1n) is 6.29. The third kappa shape index (κ3) is 1.61. The van der Waals surface area contributed by atoms with Crippen molar-refractivity contribution in [1.82, 2.24) is 4.57 Å². The van der Waals surface area contributed by atoms with E-state index < -0.39 is 5.91 Å². The number of amides is 1. The maximum atomic E-state index is 12.2. The molecule has 1 aromatic heterocycles. The van der Waals surface area contributed by atoms with Crippen molar-refractivity contribution in [3.8, 4) is 0 Å². The maximum Gasteiger partial charge on any atom is 0.297 e. The van der Waals surface area contributed by atoms with Crippen molar-refractivity contribution in [2.45, 2.75) is 19.9 Å². The highest BCUT2D eigenvalue weighted by Gasteiger charge is 2.27. The molecule has 3 rings (SSSR count). The SMILES string of the molecule is Cc1c(C(=O)N=C(N)N)n2c3c(cccc13)C(=O)CC2. The molecule has 6 heteroatoms. The van der Waals surface area contributed by atoms with Crippen LogP contribution in [-0.4, -0.2) is 22.2 Å². The molecule has 0 saturated heterocycles. The number of hydrogen-bond acceptors (Lipinski definition) is 2. The van der Waals surface area contributed by atoms with Gasteiger partial charge in [-0.3, -0.25) is 9.59 Å². The Balaban J connectivity index is 2.36. The quantitative estimate of drug-likeness (QED) is 0.594. The van der Waals surface area contributed by atoms with Crippen LogP contribution in [0.25, 0.3) is 10.9 Å². The summed E-state index contributed by atoms with van der Waals surface area (Å²) in [5.41, 5.74) is 13.3. The minimum Gasteiger partial charge on any atom is -0.370 e. The van der Waals surface area contributed by atoms with Crippen LogP contribution in [0.15, 0.2) is 23.2 Å². The molecular formula is C14H14N4O2. The normalized spacial score (nSPS) is 13.6. The second kappa shape index (κ2) is 4.19. The minimum atomic E-state index is -0.473. The molecule has 0 unspecified atom stereocenters. The van der Waals surface area contributed by atoms with Gasteiger partial charge < -0.3 is 16.0 Å². The number of hydrogen-bond donors (Lipinski definition) is 2. The van der Waals surface area contributed by atoms with Crippen molar-refractivity contribution in [2.75, 3.05) is 0 Å². The van der Waals surface area contributed by atoms with Crippen LogP contribution in [0.1, 0.15) is 32.8 Å². The monoisotopic (exact) mass is 270 g/mol. The van der Waals surface area contributed by atoms with E-state index in [9.17, 15) is 9.59 Å². The number of benzene rings is 1. The zero-order chi connectivity index (χ0) is 14.4. The molecule has 0 radical (unpaired) electrons. The molecule has 0 aliphatic carbocycles. The van der Waals surface area contributed by atoms with Crippen molar-refractivity contribution in [1.29, 1.82) is 0 Å². The Bertz CT molecular complexity index is 782. The van der Waals surface area contributed by atoms with E-state index in [0.29, 0.717) is 24.2 Å². The molecule has 1 aliphatic rings. The van der Waals surface area contributed by atoms with Gasteiger partial charge in [0.2, 0.25) is 0 Å². The summed E-state index contributed by atoms with van der Waals surface area (Å²) in [4.78, 5) is 27.8. The Morgan fingerprint density at radius 3 is 2.80 bits per heavy atom. The van der Waals surface area contributed by atoms with E-state index in [-0.39, 0.29) is 11.7 Å². The molecule has 20 heavy (non-hydrogen) atoms. The largest absolute Gasteiger partial charge is 0.370 e. The number of carbonyl (C=O) groups is 2. The second-order valence-electron chi connectivity index (χ2n) is 4.84. The van der Waals surface area contributed by atoms with E-state index in [1.807, 2.05) is 23.6 Å². The molecule has 0 saturated carbocycles. The lowest BCUT2D eigenvalue weighted by atomic mass is 10.0. The predicted molar refractivity (Wildman–Crippen MR) is 75.8 cm³/mol. The van der Waals surface area contributed by atoms with Crippen molar-refractivity contribution in [3.63, 3.8) is 0 Å². The molecule has 2 aromatic rings. The van der Waals surface area contributed by atoms with Crippen LogP contribution in [-0.2, 0) is 6.54 Å². The van der Waals surface area contributed by atoms with Crippen LogP contribution >= 0.6 is 0 Å². The number of para-hydroxylation sites is 1. The zero-order valence-electron chi connectivity index (χ0n) is 11.0. The molecule has 1 aromatic carbocycles. The Hall–Kier alpha value is -2.63. The van der Waals surface area contributed by atoms with Crippen molar-refractivity contribution >= 4 is 28.6 Å². The molecular weight excluding hydrogens is 256 g/mol. The number of aliphatic imine (C=N–C) groups is 1. The molecule has 0 atom stereocenters. The summed E-state index contributed by atoms with van der Waals surface area (Å²) in [6, 6.07) is 5.51. The number of carbonyl (C=O) groups excluding carboxylic acids is 2. The first-order valence-corrected chi connectivity index (χ1v) is 6.29. The lowest BCUT2D eigenvalue weighted by Gasteiger charge is -2.16. The molecule has 0 fully saturated rings. The molecule has 4 N–H and O–H groups in total. The molecule has 1 aliphatic heterocycles. The molecule has 0 spiro atoms. The number of Topliss-reactive ketones (excluding diaryl/α,β-unsaturated/α-hetero) is 1. The number of nitrogens with zero attached hydrogens (tertiary/aromatic N) is 2. The number of aryl methyl sites for hydroxylation is 2. The van der Waals surface area contributed by atoms with Crippen molar-refractivity contribution in [2.24, 2.45) is 16.5 Å². The summed E-state index contributed by atoms with van der Waals surface area (Å²) < 4.78 is 1.84. The fourth-order valence-corrected chi connectivity index (χ4v) is 2.82. The topological polar surface area (TPSA) is 103 Å². The second-order valence-corrected chi connectivity index (χ2v) is 4.84. The first kappa shape index (κ1) is 12.4. The summed E-state index contributed by atoms with van der Waals surface area (Å²) in [5.74, 6) is -0.639. The third-order valence-corrected chi connectivity index (χ3v) is 3.63. The summed E-state index contributed by atoms with van der Waals surface area (Å²) in [6.07, 6.45) is 0.377. The van der Waals surface area contributed by atoms with Crippen LogP contribution in [0.5, 0.6) is 0 Å². The van der Waals surface area contributed by atoms with Crippen LogP contribution in [0.2, 0.25) is 0 Å². The van der Waals surface area contributed by atoms with E-state index >= 15 is 0 Å². The fourth-order valence-electron chi connectivity index (χ4n) is 2.82. The number of nitrogens with two attached hydrogens (primary N) is 2. The molecule has 1 amide bonds. The Labute approximate surface area is 115 Å². The Morgan fingerprint density at radius 1 is 1.35 bits per heavy atom. The van der Waals surface area contributed by atoms with Gasteiger partial charge in [0.25, 0.3) is 5.91 Å². The predicted octanol–water partition coefficient (Wildman–Crippen LogP) is 0.950. The van der Waals surface area contributed by atoms with Crippen LogP contribution < -0.4 is 11.5 Å². The van der Waals surface area contributed by atoms with Gasteiger partial charge in [-0.05, 0) is 18.6 Å². The van der Waals surface area contributed by atoms with E-state index in [2.05, 4.69) is 4.99 Å². The summed E-state index contributed by atoms with van der Waals surface area (Å²) in [5, 5.41) is 0.893. The lowest BCUT2D eigenvalue weighted by Crippen LogP contribution is -2.25. The van der Waals surface area contributed by atoms with E-state index in [4.69, 9.17) is 11.5 Å². The van der Waals surface area contributed by atoms with Crippen molar-refractivity contribution < 1.29 is 9.59 Å². The van der Waals surface area contributed by atoms with Gasteiger partial charge in [0.15, 0.2) is 11.7 Å². The van der Waals surface area contributed by atoms with Crippen LogP contribution in [0.4, 0.5) is 0 Å². The molecule has 6 nitrogen and oxygen atoms in total. The lowest BCUT2D eigenvalue weighted by molar-refractivity contribution is 0.0957. The number of guanidine groups is 1. The van der Waals surface area contributed by atoms with E-state index in [1.165, 1.54) is 0 Å². The molecule has 0 bridgehead atoms. The number of aromatic nitrogens is 1. The Kier molecular flexibility index (Phi) is 2.60. The number of rotatable bonds is 1. The summed E-state index contributed by atoms with van der Waals surface area (Å²) in [6.45, 7) is 2.31. The average molecular weight is 270 g/mol. The smallest absolute Gasteiger partial charge is 0.297 e. The minimum absolute atomic E-state index is 0.0986. The van der Waals surface area contributed by atoms with Gasteiger partial charge in [0.05, 0.1) is 5.52 Å². The third-order valence-electron chi connectivity index (χ3n) is 3.63. The highest BCUT2D eigenvalue weighted by atomic mass is 16.1. The maximum absolute atomic E-state index is 12.2. The zero-order valence-corrected chi connectivity index (χ0v) is 11.0. The fraction of sp³-hybridized carbons (Fsp3) is 0.214. The first-order chi connectivity index (χ1) is 9.50. The molecule has 102 valence electrons. The summed E-state index contributed by atoms with van der Waals surface area (Å²) in [7, 11) is 0. The number of ketones is 1. The van der Waals surface area contributed by atoms with Gasteiger partial charge in [-0.2, -0.15) is 4.99 Å². The van der Waals surface area contributed by atoms with Gasteiger partial charge in [-0.1, -0.05) is 12.1 Å². The van der Waals surface area contributed by atoms with Gasteiger partial charge >= 0.3 is 0 Å². The van der Waals surface area contributed by atoms with Gasteiger partial charge in [-0.15, -0.1) is 0 Å². The van der Waals surface area contributed by atoms with Gasteiger partial charge in [0.1, 0.15) is 5.69 Å². The van der Waals surface area contributed by atoms with E-state index in [0.717, 1.165) is 16.5 Å². The average Bonchev–Trinajstić information content (AvgIpc) is 2.68. The van der Waals surface area contributed by atoms with Crippen molar-refractivity contribution in [3.05, 3.63) is 35.0 Å².